The number of hydrogen-bond donors (Lipinski definition) is 0. The zero-order chi connectivity index (χ0) is 27.4. The van der Waals surface area contributed by atoms with E-state index in [4.69, 9.17) is 25.8 Å². The number of methoxy groups -OCH3 is 1. The molecule has 0 aromatic heterocycles. The number of fused-ring (bicyclic) bond motifs is 1. The lowest BCUT2D eigenvalue weighted by atomic mass is 9.86. The Hall–Kier alpha value is -3.71. The smallest absolute Gasteiger partial charge is 0.259 e. The van der Waals surface area contributed by atoms with E-state index >= 15 is 0 Å². The largest absolute Gasteiger partial charge is 0.497 e. The highest BCUT2D eigenvalue weighted by Gasteiger charge is 2.36. The molecular formula is C30H33ClN2O5. The van der Waals surface area contributed by atoms with Gasteiger partial charge in [-0.2, -0.15) is 0 Å². The van der Waals surface area contributed by atoms with Crippen LogP contribution in [0, 0.1) is 0 Å². The van der Waals surface area contributed by atoms with Gasteiger partial charge in [-0.25, -0.2) is 0 Å². The molecule has 8 heteroatoms. The first-order valence-electron chi connectivity index (χ1n) is 12.6. The highest BCUT2D eigenvalue weighted by molar-refractivity contribution is 6.30. The third kappa shape index (κ3) is 5.89. The maximum atomic E-state index is 13.7. The van der Waals surface area contributed by atoms with Gasteiger partial charge in [-0.05, 0) is 78.6 Å². The van der Waals surface area contributed by atoms with Crippen molar-refractivity contribution < 1.29 is 23.8 Å². The summed E-state index contributed by atoms with van der Waals surface area (Å²) in [7, 11) is 4.97. The van der Waals surface area contributed by atoms with Gasteiger partial charge in [0.25, 0.3) is 5.91 Å². The van der Waals surface area contributed by atoms with Crippen LogP contribution in [0.2, 0.25) is 5.02 Å². The second-order valence-corrected chi connectivity index (χ2v) is 9.94. The molecule has 3 aromatic carbocycles. The van der Waals surface area contributed by atoms with Crippen molar-refractivity contribution in [2.45, 2.75) is 38.8 Å². The van der Waals surface area contributed by atoms with Crippen LogP contribution in [0.15, 0.2) is 60.7 Å². The molecule has 1 heterocycles. The Morgan fingerprint density at radius 3 is 2.37 bits per heavy atom. The summed E-state index contributed by atoms with van der Waals surface area (Å²) in [6.45, 7) is 3.90. The number of benzene rings is 3. The van der Waals surface area contributed by atoms with E-state index in [0.29, 0.717) is 22.3 Å². The van der Waals surface area contributed by atoms with Gasteiger partial charge in [0.05, 0.1) is 25.7 Å². The van der Waals surface area contributed by atoms with E-state index in [-0.39, 0.29) is 30.9 Å². The van der Waals surface area contributed by atoms with E-state index in [9.17, 15) is 9.59 Å². The number of halogens is 1. The first-order chi connectivity index (χ1) is 18.2. The van der Waals surface area contributed by atoms with Crippen molar-refractivity contribution in [3.8, 4) is 17.2 Å². The predicted octanol–water partition coefficient (Wildman–Crippen LogP) is 5.67. The van der Waals surface area contributed by atoms with E-state index < -0.39 is 6.04 Å². The molecule has 7 nitrogen and oxygen atoms in total. The first-order valence-corrected chi connectivity index (χ1v) is 13.0. The maximum Gasteiger partial charge on any atom is 0.259 e. The molecule has 1 aliphatic heterocycles. The van der Waals surface area contributed by atoms with Crippen molar-refractivity contribution in [3.63, 3.8) is 0 Å². The Morgan fingerprint density at radius 2 is 1.76 bits per heavy atom. The molecule has 0 spiro atoms. The molecule has 38 heavy (non-hydrogen) atoms. The molecule has 0 bridgehead atoms. The topological polar surface area (TPSA) is 68.3 Å². The molecule has 0 radical (unpaired) electrons. The normalized spacial score (nSPS) is 15.5. The standard InChI is InChI=1S/C30H33ClN2O5/c1-6-19(2)38-27-17-25-21(15-26(27)37-18-29(35)32(3)4)16-28(34)33(23-11-13-24(36-5)14-12-23)30(25)20-7-9-22(31)10-8-20/h7-15,17,19,30H,6,16,18H2,1-5H3/t19-,30?/m1/s1. The quantitative estimate of drug-likeness (QED) is 0.352. The molecule has 1 aliphatic rings. The lowest BCUT2D eigenvalue weighted by molar-refractivity contribution is -0.130. The number of carbonyl (C=O) groups excluding carboxylic acids is 2. The van der Waals surface area contributed by atoms with E-state index in [1.165, 1.54) is 4.90 Å². The van der Waals surface area contributed by atoms with Gasteiger partial charge in [0.1, 0.15) is 5.75 Å². The average molecular weight is 537 g/mol. The molecule has 3 aromatic rings. The molecular weight excluding hydrogens is 504 g/mol. The summed E-state index contributed by atoms with van der Waals surface area (Å²) in [5.41, 5.74) is 3.41. The van der Waals surface area contributed by atoms with Crippen LogP contribution in [0.4, 0.5) is 5.69 Å². The van der Waals surface area contributed by atoms with Gasteiger partial charge in [0.15, 0.2) is 18.1 Å². The number of ether oxygens (including phenoxy) is 3. The summed E-state index contributed by atoms with van der Waals surface area (Å²) in [5, 5.41) is 0.613. The minimum Gasteiger partial charge on any atom is -0.497 e. The summed E-state index contributed by atoms with van der Waals surface area (Å²) >= 11 is 6.21. The van der Waals surface area contributed by atoms with Crippen LogP contribution < -0.4 is 19.1 Å². The van der Waals surface area contributed by atoms with Crippen molar-refractivity contribution in [2.75, 3.05) is 32.7 Å². The van der Waals surface area contributed by atoms with Crippen LogP contribution in [0.1, 0.15) is 43.0 Å². The van der Waals surface area contributed by atoms with E-state index in [2.05, 4.69) is 0 Å². The molecule has 0 aliphatic carbocycles. The Balaban J connectivity index is 1.85. The highest BCUT2D eigenvalue weighted by atomic mass is 35.5. The Morgan fingerprint density at radius 1 is 1.08 bits per heavy atom. The summed E-state index contributed by atoms with van der Waals surface area (Å²) in [4.78, 5) is 29.2. The van der Waals surface area contributed by atoms with Crippen LogP contribution >= 0.6 is 11.6 Å². The molecule has 200 valence electrons. The Kier molecular flexibility index (Phi) is 8.47. The number of anilines is 1. The van der Waals surface area contributed by atoms with Crippen LogP contribution in [0.25, 0.3) is 0 Å². The zero-order valence-electron chi connectivity index (χ0n) is 22.4. The van der Waals surface area contributed by atoms with E-state index in [0.717, 1.165) is 28.8 Å². The Labute approximate surface area is 228 Å². The van der Waals surface area contributed by atoms with Crippen molar-refractivity contribution >= 4 is 29.1 Å². The molecule has 0 saturated heterocycles. The van der Waals surface area contributed by atoms with Crippen molar-refractivity contribution in [2.24, 2.45) is 0 Å². The van der Waals surface area contributed by atoms with Crippen LogP contribution in [0.3, 0.4) is 0 Å². The third-order valence-corrected chi connectivity index (χ3v) is 6.91. The summed E-state index contributed by atoms with van der Waals surface area (Å²) < 4.78 is 17.5. The van der Waals surface area contributed by atoms with Crippen LogP contribution in [0.5, 0.6) is 17.2 Å². The molecule has 4 rings (SSSR count). The van der Waals surface area contributed by atoms with E-state index in [1.807, 2.05) is 74.5 Å². The molecule has 2 amide bonds. The van der Waals surface area contributed by atoms with Gasteiger partial charge in [0, 0.05) is 24.8 Å². The van der Waals surface area contributed by atoms with Gasteiger partial charge in [0.2, 0.25) is 5.91 Å². The number of nitrogens with zero attached hydrogens (tertiary/aromatic N) is 2. The van der Waals surface area contributed by atoms with Crippen LogP contribution in [-0.2, 0) is 16.0 Å². The number of hydrogen-bond acceptors (Lipinski definition) is 5. The lowest BCUT2D eigenvalue weighted by Crippen LogP contribution is -2.41. The molecule has 0 saturated carbocycles. The average Bonchev–Trinajstić information content (AvgIpc) is 2.91. The number of likely N-dealkylation sites (N-methyl/N-ethyl adjacent to an activating group) is 1. The minimum atomic E-state index is -0.423. The Bertz CT molecular complexity index is 1290. The fraction of sp³-hybridized carbons (Fsp3) is 0.333. The lowest BCUT2D eigenvalue weighted by Gasteiger charge is -2.38. The summed E-state index contributed by atoms with van der Waals surface area (Å²) in [6.07, 6.45) is 0.897. The maximum absolute atomic E-state index is 13.7. The van der Waals surface area contributed by atoms with Gasteiger partial charge < -0.3 is 24.0 Å². The molecule has 0 N–H and O–H groups in total. The number of carbonyl (C=O) groups is 2. The van der Waals surface area contributed by atoms with E-state index in [1.54, 1.807) is 26.1 Å². The SMILES string of the molecule is CC[C@@H](C)Oc1cc2c(cc1OCC(=O)N(C)C)CC(=O)N(c1ccc(OC)cc1)C2c1ccc(Cl)cc1. The highest BCUT2D eigenvalue weighted by Crippen LogP contribution is 2.44. The monoisotopic (exact) mass is 536 g/mol. The molecule has 2 atom stereocenters. The van der Waals surface area contributed by atoms with Gasteiger partial charge in [-0.1, -0.05) is 30.7 Å². The van der Waals surface area contributed by atoms with Gasteiger partial charge in [-0.15, -0.1) is 0 Å². The van der Waals surface area contributed by atoms with Crippen LogP contribution in [-0.4, -0.2) is 50.6 Å². The third-order valence-electron chi connectivity index (χ3n) is 6.66. The number of amides is 2. The van der Waals surface area contributed by atoms with Crippen molar-refractivity contribution in [1.82, 2.24) is 4.90 Å². The molecule has 1 unspecified atom stereocenters. The molecule has 0 fully saturated rings. The minimum absolute atomic E-state index is 0.0615. The van der Waals surface area contributed by atoms with Gasteiger partial charge in [-0.3, -0.25) is 9.59 Å². The second kappa shape index (κ2) is 11.8. The number of rotatable bonds is 9. The predicted molar refractivity (Wildman–Crippen MR) is 148 cm³/mol. The fourth-order valence-electron chi connectivity index (χ4n) is 4.34. The fourth-order valence-corrected chi connectivity index (χ4v) is 4.47. The first kappa shape index (κ1) is 27.3. The summed E-state index contributed by atoms with van der Waals surface area (Å²) in [5.74, 6) is 1.46. The van der Waals surface area contributed by atoms with Gasteiger partial charge >= 0.3 is 0 Å². The zero-order valence-corrected chi connectivity index (χ0v) is 23.1. The second-order valence-electron chi connectivity index (χ2n) is 9.50. The van der Waals surface area contributed by atoms with Crippen molar-refractivity contribution in [1.29, 1.82) is 0 Å². The van der Waals surface area contributed by atoms with Crippen molar-refractivity contribution in [3.05, 3.63) is 82.4 Å². The summed E-state index contributed by atoms with van der Waals surface area (Å²) in [6, 6.07) is 18.3.